The Kier molecular flexibility index (Phi) is 9.52. The third kappa shape index (κ3) is 5.47. The molecule has 1 spiro atoms. The van der Waals surface area contributed by atoms with Crippen molar-refractivity contribution in [3.63, 3.8) is 0 Å². The number of nitrogens with zero attached hydrogens (tertiary/aromatic N) is 1. The second-order valence-electron chi connectivity index (χ2n) is 8.01. The molecule has 1 heterocycles. The summed E-state index contributed by atoms with van der Waals surface area (Å²) in [6.45, 7) is 10.1. The van der Waals surface area contributed by atoms with Crippen molar-refractivity contribution in [3.05, 3.63) is 0 Å². The van der Waals surface area contributed by atoms with Crippen LogP contribution < -0.4 is 10.6 Å². The number of hydrogen-bond acceptors (Lipinski definition) is 3. The van der Waals surface area contributed by atoms with Gasteiger partial charge in [-0.3, -0.25) is 4.79 Å². The second-order valence-corrected chi connectivity index (χ2v) is 8.01. The number of carbonyl (C=O) groups is 1. The summed E-state index contributed by atoms with van der Waals surface area (Å²) in [5.74, 6) is 1.32. The molecule has 3 unspecified atom stereocenters. The molecule has 0 radical (unpaired) electrons. The standard InChI is InChI=1S/C19H35N3O.2ClH/c1-3-22(4-2)14-15-7-5-6-8-17(15)21-18(23)16-13-19(16)9-11-20-12-10-19;;/h15-17,20H,3-14H2,1-2H3,(H,21,23);2*1H. The molecule has 2 aliphatic carbocycles. The molecule has 1 amide bonds. The number of hydrogen-bond donors (Lipinski definition) is 2. The van der Waals surface area contributed by atoms with E-state index in [1.165, 1.54) is 38.5 Å². The van der Waals surface area contributed by atoms with Crippen LogP contribution in [0.15, 0.2) is 0 Å². The topological polar surface area (TPSA) is 44.4 Å². The van der Waals surface area contributed by atoms with E-state index < -0.39 is 0 Å². The zero-order valence-electron chi connectivity index (χ0n) is 15.9. The molecule has 25 heavy (non-hydrogen) atoms. The van der Waals surface area contributed by atoms with Crippen molar-refractivity contribution in [1.82, 2.24) is 15.5 Å². The highest BCUT2D eigenvalue weighted by Gasteiger charge is 2.57. The van der Waals surface area contributed by atoms with Crippen LogP contribution in [0.4, 0.5) is 0 Å². The quantitative estimate of drug-likeness (QED) is 0.727. The second kappa shape index (κ2) is 10.3. The number of halogens is 2. The van der Waals surface area contributed by atoms with E-state index in [4.69, 9.17) is 0 Å². The van der Waals surface area contributed by atoms with E-state index in [-0.39, 0.29) is 24.8 Å². The average Bonchev–Trinajstić information content (AvgIpc) is 3.27. The molecule has 0 bridgehead atoms. The Morgan fingerprint density at radius 3 is 2.40 bits per heavy atom. The van der Waals surface area contributed by atoms with Crippen molar-refractivity contribution in [1.29, 1.82) is 0 Å². The van der Waals surface area contributed by atoms with Crippen molar-refractivity contribution in [3.8, 4) is 0 Å². The SMILES string of the molecule is CCN(CC)CC1CCCCC1NC(=O)C1CC12CCNCC2.Cl.Cl. The molecule has 3 aliphatic rings. The number of rotatable bonds is 6. The van der Waals surface area contributed by atoms with E-state index in [0.29, 0.717) is 29.2 Å². The van der Waals surface area contributed by atoms with Crippen molar-refractivity contribution in [2.75, 3.05) is 32.7 Å². The fourth-order valence-corrected chi connectivity index (χ4v) is 4.91. The van der Waals surface area contributed by atoms with Gasteiger partial charge in [0.25, 0.3) is 0 Å². The van der Waals surface area contributed by atoms with Gasteiger partial charge < -0.3 is 15.5 Å². The summed E-state index contributed by atoms with van der Waals surface area (Å²) in [4.78, 5) is 15.3. The van der Waals surface area contributed by atoms with Crippen LogP contribution in [-0.4, -0.2) is 49.6 Å². The Labute approximate surface area is 166 Å². The van der Waals surface area contributed by atoms with Gasteiger partial charge in [-0.05, 0) is 69.6 Å². The van der Waals surface area contributed by atoms with E-state index in [2.05, 4.69) is 29.4 Å². The van der Waals surface area contributed by atoms with Gasteiger partial charge in [-0.1, -0.05) is 26.7 Å². The van der Waals surface area contributed by atoms with Gasteiger partial charge in [0.2, 0.25) is 5.91 Å². The summed E-state index contributed by atoms with van der Waals surface area (Å²) >= 11 is 0. The summed E-state index contributed by atoms with van der Waals surface area (Å²) in [7, 11) is 0. The maximum Gasteiger partial charge on any atom is 0.223 e. The highest BCUT2D eigenvalue weighted by Crippen LogP contribution is 2.58. The van der Waals surface area contributed by atoms with Crippen LogP contribution in [0.3, 0.4) is 0 Å². The lowest BCUT2D eigenvalue weighted by molar-refractivity contribution is -0.124. The van der Waals surface area contributed by atoms with E-state index in [9.17, 15) is 4.79 Å². The first-order chi connectivity index (χ1) is 11.2. The molecule has 3 rings (SSSR count). The molecule has 6 heteroatoms. The molecular weight excluding hydrogens is 357 g/mol. The molecule has 1 saturated heterocycles. The lowest BCUT2D eigenvalue weighted by atomic mass is 9.83. The predicted molar refractivity (Wildman–Crippen MR) is 109 cm³/mol. The highest BCUT2D eigenvalue weighted by molar-refractivity contribution is 5.85. The highest BCUT2D eigenvalue weighted by atomic mass is 35.5. The lowest BCUT2D eigenvalue weighted by Gasteiger charge is -2.35. The minimum Gasteiger partial charge on any atom is -0.353 e. The molecule has 0 aromatic heterocycles. The zero-order chi connectivity index (χ0) is 16.3. The van der Waals surface area contributed by atoms with Gasteiger partial charge in [-0.2, -0.15) is 0 Å². The number of carbonyl (C=O) groups excluding carboxylic acids is 1. The van der Waals surface area contributed by atoms with Crippen LogP contribution in [-0.2, 0) is 4.79 Å². The molecule has 3 fully saturated rings. The minimum absolute atomic E-state index is 0. The molecule has 3 atom stereocenters. The van der Waals surface area contributed by atoms with Gasteiger partial charge in [0.15, 0.2) is 0 Å². The van der Waals surface area contributed by atoms with Crippen LogP contribution in [0.5, 0.6) is 0 Å². The maximum absolute atomic E-state index is 12.8. The normalized spacial score (nSPS) is 30.3. The van der Waals surface area contributed by atoms with Gasteiger partial charge in [0.05, 0.1) is 0 Å². The fraction of sp³-hybridized carbons (Fsp3) is 0.947. The van der Waals surface area contributed by atoms with Crippen molar-refractivity contribution in [2.45, 2.75) is 64.8 Å². The van der Waals surface area contributed by atoms with Crippen LogP contribution in [0.1, 0.15) is 58.8 Å². The summed E-state index contributed by atoms with van der Waals surface area (Å²) in [5, 5.41) is 6.90. The third-order valence-electron chi connectivity index (χ3n) is 6.73. The Morgan fingerprint density at radius 1 is 1.12 bits per heavy atom. The van der Waals surface area contributed by atoms with Gasteiger partial charge >= 0.3 is 0 Å². The van der Waals surface area contributed by atoms with Gasteiger partial charge in [0, 0.05) is 18.5 Å². The summed E-state index contributed by atoms with van der Waals surface area (Å²) in [6.07, 6.45) is 8.59. The van der Waals surface area contributed by atoms with Gasteiger partial charge in [-0.25, -0.2) is 0 Å². The molecule has 2 saturated carbocycles. The van der Waals surface area contributed by atoms with Crippen LogP contribution in [0, 0.1) is 17.3 Å². The molecule has 0 aromatic carbocycles. The predicted octanol–water partition coefficient (Wildman–Crippen LogP) is 3.24. The zero-order valence-corrected chi connectivity index (χ0v) is 17.5. The van der Waals surface area contributed by atoms with Gasteiger partial charge in [0.1, 0.15) is 0 Å². The largest absolute Gasteiger partial charge is 0.353 e. The summed E-state index contributed by atoms with van der Waals surface area (Å²) in [6, 6.07) is 0.413. The molecule has 1 aliphatic heterocycles. The van der Waals surface area contributed by atoms with Crippen LogP contribution >= 0.6 is 24.8 Å². The fourth-order valence-electron chi connectivity index (χ4n) is 4.91. The van der Waals surface area contributed by atoms with Crippen LogP contribution in [0.25, 0.3) is 0 Å². The smallest absolute Gasteiger partial charge is 0.223 e. The van der Waals surface area contributed by atoms with E-state index >= 15 is 0 Å². The number of amides is 1. The van der Waals surface area contributed by atoms with Crippen molar-refractivity contribution < 1.29 is 4.79 Å². The Bertz CT molecular complexity index is 411. The van der Waals surface area contributed by atoms with E-state index in [1.54, 1.807) is 0 Å². The van der Waals surface area contributed by atoms with Crippen molar-refractivity contribution in [2.24, 2.45) is 17.3 Å². The Balaban J connectivity index is 0.00000156. The lowest BCUT2D eigenvalue weighted by Crippen LogP contribution is -2.47. The molecule has 0 aromatic rings. The Hall–Kier alpha value is -0.0300. The Morgan fingerprint density at radius 2 is 1.76 bits per heavy atom. The monoisotopic (exact) mass is 393 g/mol. The number of nitrogens with one attached hydrogen (secondary N) is 2. The first-order valence-electron chi connectivity index (χ1n) is 9.92. The first kappa shape index (κ1) is 23.0. The summed E-state index contributed by atoms with van der Waals surface area (Å²) < 4.78 is 0. The molecule has 4 nitrogen and oxygen atoms in total. The molecular formula is C19H37Cl2N3O. The minimum atomic E-state index is 0. The van der Waals surface area contributed by atoms with Crippen LogP contribution in [0.2, 0.25) is 0 Å². The number of piperidine rings is 1. The van der Waals surface area contributed by atoms with Crippen molar-refractivity contribution >= 4 is 30.7 Å². The average molecular weight is 394 g/mol. The van der Waals surface area contributed by atoms with Gasteiger partial charge in [-0.15, -0.1) is 24.8 Å². The molecule has 2 N–H and O–H groups in total. The maximum atomic E-state index is 12.8. The van der Waals surface area contributed by atoms with E-state index in [1.807, 2.05) is 0 Å². The van der Waals surface area contributed by atoms with E-state index in [0.717, 1.165) is 39.1 Å². The first-order valence-corrected chi connectivity index (χ1v) is 9.92. The summed E-state index contributed by atoms with van der Waals surface area (Å²) in [5.41, 5.74) is 0.359. The third-order valence-corrected chi connectivity index (χ3v) is 6.73. The molecule has 148 valence electrons.